The van der Waals surface area contributed by atoms with E-state index in [0.717, 1.165) is 22.6 Å². The molecule has 6 nitrogen and oxygen atoms in total. The largest absolute Gasteiger partial charge is 0.335 e. The van der Waals surface area contributed by atoms with Gasteiger partial charge in [-0.05, 0) is 47.9 Å². The lowest BCUT2D eigenvalue weighted by Gasteiger charge is -2.34. The number of carbonyl (C=O) groups excluding carboxylic acids is 1. The van der Waals surface area contributed by atoms with Gasteiger partial charge in [0.25, 0.3) is 5.91 Å². The highest BCUT2D eigenvalue weighted by Crippen LogP contribution is 2.22. The van der Waals surface area contributed by atoms with Gasteiger partial charge < -0.3 is 9.80 Å². The van der Waals surface area contributed by atoms with Crippen molar-refractivity contribution in [1.82, 2.24) is 9.21 Å². The summed E-state index contributed by atoms with van der Waals surface area (Å²) in [6.45, 7) is 6.50. The van der Waals surface area contributed by atoms with Crippen molar-refractivity contribution in [1.29, 1.82) is 0 Å². The molecule has 28 heavy (non-hydrogen) atoms. The average Bonchev–Trinajstić information content (AvgIpc) is 3.16. The quantitative estimate of drug-likeness (QED) is 0.753. The molecule has 2 heterocycles. The van der Waals surface area contributed by atoms with Crippen LogP contribution in [0.1, 0.15) is 16.7 Å². The summed E-state index contributed by atoms with van der Waals surface area (Å²) in [5.74, 6) is 0.0801. The molecule has 0 saturated carbocycles. The van der Waals surface area contributed by atoms with Crippen molar-refractivity contribution in [3.63, 3.8) is 0 Å². The van der Waals surface area contributed by atoms with Crippen LogP contribution in [0.5, 0.6) is 0 Å². The second-order valence-electron chi connectivity index (χ2n) is 7.50. The maximum Gasteiger partial charge on any atom is 0.277 e. The van der Waals surface area contributed by atoms with Gasteiger partial charge in [-0.2, -0.15) is 15.6 Å². The first-order valence-electron chi connectivity index (χ1n) is 9.45. The van der Waals surface area contributed by atoms with Crippen LogP contribution in [0.25, 0.3) is 0 Å². The maximum atomic E-state index is 13.0. The zero-order valence-corrected chi connectivity index (χ0v) is 18.3. The molecule has 0 spiro atoms. The number of rotatable bonds is 6. The molecule has 3 rings (SSSR count). The Morgan fingerprint density at radius 1 is 1.14 bits per heavy atom. The fraction of sp³-hybridized carbons (Fsp3) is 0.450. The number of sulfonamides is 1. The van der Waals surface area contributed by atoms with Gasteiger partial charge in [-0.3, -0.25) is 4.79 Å². The van der Waals surface area contributed by atoms with Gasteiger partial charge in [0.1, 0.15) is 6.54 Å². The molecule has 8 heteroatoms. The number of hydrogen-bond donors (Lipinski definition) is 1. The Labute approximate surface area is 171 Å². The predicted molar refractivity (Wildman–Crippen MR) is 111 cm³/mol. The van der Waals surface area contributed by atoms with Gasteiger partial charge in [-0.25, -0.2) is 8.42 Å². The number of aryl methyl sites for hydroxylation is 2. The van der Waals surface area contributed by atoms with E-state index < -0.39 is 10.0 Å². The summed E-state index contributed by atoms with van der Waals surface area (Å²) in [6.07, 6.45) is 0. The number of quaternary nitrogens is 1. The number of benzene rings is 1. The Morgan fingerprint density at radius 2 is 1.86 bits per heavy atom. The second kappa shape index (κ2) is 8.73. The van der Waals surface area contributed by atoms with Crippen LogP contribution >= 0.6 is 11.3 Å². The summed E-state index contributed by atoms with van der Waals surface area (Å²) in [5, 5.41) is 4.14. The second-order valence-corrected chi connectivity index (χ2v) is 10.2. The van der Waals surface area contributed by atoms with Crippen LogP contribution in [-0.2, 0) is 21.4 Å². The molecule has 1 aliphatic heterocycles. The van der Waals surface area contributed by atoms with Crippen molar-refractivity contribution in [2.75, 3.05) is 39.8 Å². The van der Waals surface area contributed by atoms with Crippen LogP contribution in [0, 0.1) is 13.8 Å². The zero-order valence-electron chi connectivity index (χ0n) is 16.6. The van der Waals surface area contributed by atoms with Crippen LogP contribution < -0.4 is 4.90 Å². The third-order valence-corrected chi connectivity index (χ3v) is 7.86. The first kappa shape index (κ1) is 21.0. The number of nitrogens with one attached hydrogen (secondary N) is 1. The van der Waals surface area contributed by atoms with E-state index >= 15 is 0 Å². The fourth-order valence-corrected chi connectivity index (χ4v) is 5.88. The van der Waals surface area contributed by atoms with Gasteiger partial charge in [-0.15, -0.1) is 0 Å². The van der Waals surface area contributed by atoms with Crippen LogP contribution in [0.2, 0.25) is 0 Å². The van der Waals surface area contributed by atoms with E-state index in [1.807, 2.05) is 38.4 Å². The van der Waals surface area contributed by atoms with Crippen molar-refractivity contribution >= 4 is 27.3 Å². The van der Waals surface area contributed by atoms with Gasteiger partial charge in [0, 0.05) is 31.7 Å². The van der Waals surface area contributed by atoms with E-state index in [4.69, 9.17) is 0 Å². The lowest BCUT2D eigenvalue weighted by atomic mass is 10.2. The zero-order chi connectivity index (χ0) is 20.3. The van der Waals surface area contributed by atoms with Crippen molar-refractivity contribution in [2.24, 2.45) is 0 Å². The van der Waals surface area contributed by atoms with Crippen LogP contribution in [0.15, 0.2) is 39.9 Å². The van der Waals surface area contributed by atoms with Gasteiger partial charge in [0.05, 0.1) is 11.9 Å². The highest BCUT2D eigenvalue weighted by Gasteiger charge is 2.31. The SMILES string of the molecule is Cc1ccc(C)c(S(=O)(=O)N2CCN(C(=O)C[NH+](C)Cc3ccsc3)CC2)c1. The van der Waals surface area contributed by atoms with E-state index in [2.05, 4.69) is 11.4 Å². The fourth-order valence-electron chi connectivity index (χ4n) is 3.48. The molecule has 0 radical (unpaired) electrons. The molecule has 1 aromatic heterocycles. The molecule has 0 bridgehead atoms. The number of piperazine rings is 1. The smallest absolute Gasteiger partial charge is 0.277 e. The van der Waals surface area contributed by atoms with E-state index in [1.165, 1.54) is 9.87 Å². The molecular weight excluding hydrogens is 394 g/mol. The summed E-state index contributed by atoms with van der Waals surface area (Å²) in [6, 6.07) is 7.56. The first-order valence-corrected chi connectivity index (χ1v) is 11.8. The summed E-state index contributed by atoms with van der Waals surface area (Å²) in [7, 11) is -1.52. The lowest BCUT2D eigenvalue weighted by molar-refractivity contribution is -0.885. The number of hydrogen-bond acceptors (Lipinski definition) is 4. The molecule has 1 amide bonds. The standard InChI is InChI=1S/C20H27N3O3S2/c1-16-4-5-17(2)19(12-16)28(25,26)23-9-7-22(8-10-23)20(24)14-21(3)13-18-6-11-27-15-18/h4-6,11-12,15H,7-10,13-14H2,1-3H3/p+1. The molecule has 2 aromatic rings. The van der Waals surface area contributed by atoms with E-state index in [9.17, 15) is 13.2 Å². The summed E-state index contributed by atoms with van der Waals surface area (Å²) < 4.78 is 27.5. The predicted octanol–water partition coefficient (Wildman–Crippen LogP) is 0.913. The van der Waals surface area contributed by atoms with Crippen molar-refractivity contribution in [3.05, 3.63) is 51.7 Å². The first-order chi connectivity index (χ1) is 13.3. The Bertz CT molecular complexity index is 918. The summed E-state index contributed by atoms with van der Waals surface area (Å²) in [4.78, 5) is 15.9. The minimum Gasteiger partial charge on any atom is -0.335 e. The number of nitrogens with zero attached hydrogens (tertiary/aromatic N) is 2. The van der Waals surface area contributed by atoms with Crippen LogP contribution in [0.4, 0.5) is 0 Å². The molecule has 1 aromatic carbocycles. The van der Waals surface area contributed by atoms with Crippen LogP contribution in [0.3, 0.4) is 0 Å². The minimum absolute atomic E-state index is 0.0801. The van der Waals surface area contributed by atoms with Gasteiger partial charge in [0.2, 0.25) is 10.0 Å². The Hall–Kier alpha value is -1.74. The Morgan fingerprint density at radius 3 is 2.50 bits per heavy atom. The Balaban J connectivity index is 1.57. The number of carbonyl (C=O) groups is 1. The van der Waals surface area contributed by atoms with E-state index in [-0.39, 0.29) is 5.91 Å². The third kappa shape index (κ3) is 4.81. The highest BCUT2D eigenvalue weighted by atomic mass is 32.2. The lowest BCUT2D eigenvalue weighted by Crippen LogP contribution is -3.08. The molecular formula is C20H28N3O3S2+. The molecule has 152 valence electrons. The molecule has 1 saturated heterocycles. The number of amides is 1. The van der Waals surface area contributed by atoms with Gasteiger partial charge in [-0.1, -0.05) is 12.1 Å². The van der Waals surface area contributed by atoms with Gasteiger partial charge in [0.15, 0.2) is 6.54 Å². The van der Waals surface area contributed by atoms with Gasteiger partial charge >= 0.3 is 0 Å². The molecule has 1 aliphatic rings. The molecule has 0 aliphatic carbocycles. The Kier molecular flexibility index (Phi) is 6.54. The van der Waals surface area contributed by atoms with Crippen LogP contribution in [-0.4, -0.2) is 63.3 Å². The monoisotopic (exact) mass is 422 g/mol. The molecule has 1 fully saturated rings. The summed E-state index contributed by atoms with van der Waals surface area (Å²) in [5.41, 5.74) is 2.91. The topological polar surface area (TPSA) is 62.1 Å². The molecule has 1 atom stereocenters. The van der Waals surface area contributed by atoms with Crippen molar-refractivity contribution in [2.45, 2.75) is 25.3 Å². The minimum atomic E-state index is -3.53. The average molecular weight is 423 g/mol. The molecule has 1 unspecified atom stereocenters. The number of thiophene rings is 1. The molecule has 1 N–H and O–H groups in total. The van der Waals surface area contributed by atoms with E-state index in [1.54, 1.807) is 22.3 Å². The highest BCUT2D eigenvalue weighted by molar-refractivity contribution is 7.89. The summed E-state index contributed by atoms with van der Waals surface area (Å²) >= 11 is 1.66. The number of likely N-dealkylation sites (N-methyl/N-ethyl adjacent to an activating group) is 1. The van der Waals surface area contributed by atoms with Crippen molar-refractivity contribution in [3.8, 4) is 0 Å². The normalized spacial score (nSPS) is 16.9. The van der Waals surface area contributed by atoms with Crippen molar-refractivity contribution < 1.29 is 18.1 Å². The van der Waals surface area contributed by atoms with E-state index in [0.29, 0.717) is 37.6 Å². The third-order valence-electron chi connectivity index (χ3n) is 5.09. The maximum absolute atomic E-state index is 13.0.